The normalized spacial score (nSPS) is 10.7. The van der Waals surface area contributed by atoms with Gasteiger partial charge in [0, 0.05) is 9.72 Å². The minimum Gasteiger partial charge on any atom is -0.456 e. The van der Waals surface area contributed by atoms with E-state index < -0.39 is 5.97 Å². The predicted octanol–water partition coefficient (Wildman–Crippen LogP) is 5.09. The van der Waals surface area contributed by atoms with Crippen molar-refractivity contribution >= 4 is 44.7 Å². The zero-order valence-electron chi connectivity index (χ0n) is 12.4. The van der Waals surface area contributed by atoms with E-state index in [1.165, 1.54) is 11.3 Å². The molecule has 0 aliphatic heterocycles. The summed E-state index contributed by atoms with van der Waals surface area (Å²) >= 11 is 7.55. The van der Waals surface area contributed by atoms with Crippen LogP contribution in [-0.4, -0.2) is 18.3 Å². The molecular formula is C18H14ClNO2S. The molecule has 0 radical (unpaired) electrons. The topological polar surface area (TPSA) is 50.1 Å². The van der Waals surface area contributed by atoms with Gasteiger partial charge in [-0.2, -0.15) is 0 Å². The third-order valence-corrected chi connectivity index (χ3v) is 5.10. The molecule has 0 unspecified atom stereocenters. The first kappa shape index (κ1) is 15.7. The zero-order chi connectivity index (χ0) is 16.4. The summed E-state index contributed by atoms with van der Waals surface area (Å²) in [5.74, 6) is -0.419. The van der Waals surface area contributed by atoms with Crippen molar-refractivity contribution in [2.45, 2.75) is 6.92 Å². The van der Waals surface area contributed by atoms with Gasteiger partial charge < -0.3 is 10.1 Å². The fourth-order valence-corrected chi connectivity index (χ4v) is 3.64. The maximum absolute atomic E-state index is 11.9. The number of esters is 1. The number of fused-ring (bicyclic) bond motifs is 1. The van der Waals surface area contributed by atoms with Crippen LogP contribution >= 0.6 is 22.9 Å². The van der Waals surface area contributed by atoms with E-state index in [-0.39, 0.29) is 6.61 Å². The maximum Gasteiger partial charge on any atom is 0.338 e. The number of nitrogens with one attached hydrogen (secondary N) is 1. The molecule has 5 heteroatoms. The Labute approximate surface area is 143 Å². The van der Waals surface area contributed by atoms with Gasteiger partial charge in [-0.15, -0.1) is 11.3 Å². The average Bonchev–Trinajstić information content (AvgIpc) is 2.90. The molecule has 0 fully saturated rings. The van der Waals surface area contributed by atoms with Crippen molar-refractivity contribution in [3.63, 3.8) is 0 Å². The van der Waals surface area contributed by atoms with Crippen LogP contribution < -0.4 is 0 Å². The Hall–Kier alpha value is -2.17. The summed E-state index contributed by atoms with van der Waals surface area (Å²) < 4.78 is 6.31. The van der Waals surface area contributed by atoms with E-state index in [2.05, 4.69) is 0 Å². The number of rotatable bonds is 4. The van der Waals surface area contributed by atoms with Gasteiger partial charge in [0.15, 0.2) is 0 Å². The summed E-state index contributed by atoms with van der Waals surface area (Å²) in [6, 6.07) is 14.5. The van der Waals surface area contributed by atoms with Crippen molar-refractivity contribution < 1.29 is 9.53 Å². The minimum absolute atomic E-state index is 0.0465. The summed E-state index contributed by atoms with van der Waals surface area (Å²) in [4.78, 5) is 12.8. The van der Waals surface area contributed by atoms with Gasteiger partial charge in [0.05, 0.1) is 16.2 Å². The smallest absolute Gasteiger partial charge is 0.338 e. The first-order valence-corrected chi connectivity index (χ1v) is 8.24. The van der Waals surface area contributed by atoms with Crippen LogP contribution in [0.5, 0.6) is 0 Å². The Morgan fingerprint density at radius 3 is 2.70 bits per heavy atom. The second kappa shape index (κ2) is 6.52. The highest BCUT2D eigenvalue weighted by Gasteiger charge is 2.15. The molecule has 0 aliphatic rings. The van der Waals surface area contributed by atoms with Crippen molar-refractivity contribution in [2.75, 3.05) is 6.61 Å². The van der Waals surface area contributed by atoms with Crippen molar-refractivity contribution in [3.8, 4) is 0 Å². The Balaban J connectivity index is 1.76. The Morgan fingerprint density at radius 1 is 1.22 bits per heavy atom. The number of benzene rings is 2. The zero-order valence-corrected chi connectivity index (χ0v) is 14.0. The summed E-state index contributed by atoms with van der Waals surface area (Å²) in [5.41, 5.74) is 1.78. The SMILES string of the molecule is Cc1c(C(=N)COC(=O)c2ccccc2)sc2ccc(Cl)cc12. The van der Waals surface area contributed by atoms with Gasteiger partial charge in [-0.3, -0.25) is 0 Å². The molecule has 0 aliphatic carbocycles. The summed E-state index contributed by atoms with van der Waals surface area (Å²) in [6.07, 6.45) is 0. The lowest BCUT2D eigenvalue weighted by molar-refractivity contribution is 0.0563. The number of ether oxygens (including phenoxy) is 1. The monoisotopic (exact) mass is 343 g/mol. The van der Waals surface area contributed by atoms with E-state index in [0.717, 1.165) is 20.5 Å². The van der Waals surface area contributed by atoms with Gasteiger partial charge in [0.2, 0.25) is 0 Å². The molecule has 3 rings (SSSR count). The minimum atomic E-state index is -0.419. The quantitative estimate of drug-likeness (QED) is 0.530. The van der Waals surface area contributed by atoms with Gasteiger partial charge in [0.1, 0.15) is 6.61 Å². The Morgan fingerprint density at radius 2 is 1.96 bits per heavy atom. The number of thiophene rings is 1. The summed E-state index contributed by atoms with van der Waals surface area (Å²) in [7, 11) is 0. The molecule has 0 saturated heterocycles. The predicted molar refractivity (Wildman–Crippen MR) is 95.1 cm³/mol. The van der Waals surface area contributed by atoms with Gasteiger partial charge in [-0.05, 0) is 48.2 Å². The number of carbonyl (C=O) groups is 1. The van der Waals surface area contributed by atoms with E-state index in [9.17, 15) is 4.79 Å². The van der Waals surface area contributed by atoms with Crippen LogP contribution in [0.2, 0.25) is 5.02 Å². The highest BCUT2D eigenvalue weighted by molar-refractivity contribution is 7.21. The van der Waals surface area contributed by atoms with Crippen LogP contribution in [0.15, 0.2) is 48.5 Å². The van der Waals surface area contributed by atoms with Gasteiger partial charge in [-0.1, -0.05) is 29.8 Å². The molecule has 0 bridgehead atoms. The molecule has 23 heavy (non-hydrogen) atoms. The highest BCUT2D eigenvalue weighted by atomic mass is 35.5. The molecule has 0 amide bonds. The van der Waals surface area contributed by atoms with Gasteiger partial charge in [-0.25, -0.2) is 4.79 Å². The molecule has 3 aromatic rings. The third kappa shape index (κ3) is 3.28. The molecule has 0 spiro atoms. The van der Waals surface area contributed by atoms with Gasteiger partial charge in [0.25, 0.3) is 0 Å². The number of carbonyl (C=O) groups excluding carboxylic acids is 1. The lowest BCUT2D eigenvalue weighted by Crippen LogP contribution is -2.14. The first-order chi connectivity index (χ1) is 11.1. The molecule has 116 valence electrons. The van der Waals surface area contributed by atoms with Crippen molar-refractivity contribution in [1.29, 1.82) is 5.41 Å². The van der Waals surface area contributed by atoms with Crippen molar-refractivity contribution in [3.05, 3.63) is 69.6 Å². The second-order valence-corrected chi connectivity index (χ2v) is 6.61. The fourth-order valence-electron chi connectivity index (χ4n) is 2.34. The largest absolute Gasteiger partial charge is 0.456 e. The average molecular weight is 344 g/mol. The first-order valence-electron chi connectivity index (χ1n) is 7.05. The molecular weight excluding hydrogens is 330 g/mol. The van der Waals surface area contributed by atoms with Crippen LogP contribution in [-0.2, 0) is 4.74 Å². The standard InChI is InChI=1S/C18H14ClNO2S/c1-11-14-9-13(19)7-8-16(14)23-17(11)15(20)10-22-18(21)12-5-3-2-4-6-12/h2-9,20H,10H2,1H3. The van der Waals surface area contributed by atoms with Crippen LogP contribution in [0.4, 0.5) is 0 Å². The summed E-state index contributed by atoms with van der Waals surface area (Å²) in [5, 5.41) is 9.92. The Bertz CT molecular complexity index is 887. The third-order valence-electron chi connectivity index (χ3n) is 3.53. The molecule has 1 heterocycles. The molecule has 1 aromatic heterocycles. The van der Waals surface area contributed by atoms with Crippen molar-refractivity contribution in [2.24, 2.45) is 0 Å². The molecule has 1 N–H and O–H groups in total. The number of halogens is 1. The fraction of sp³-hybridized carbons (Fsp3) is 0.111. The maximum atomic E-state index is 11.9. The van der Waals surface area contributed by atoms with Gasteiger partial charge >= 0.3 is 5.97 Å². The highest BCUT2D eigenvalue weighted by Crippen LogP contribution is 2.32. The lowest BCUT2D eigenvalue weighted by Gasteiger charge is -2.06. The molecule has 3 nitrogen and oxygen atoms in total. The number of hydrogen-bond acceptors (Lipinski definition) is 4. The Kier molecular flexibility index (Phi) is 4.46. The number of aryl methyl sites for hydroxylation is 1. The van der Waals surface area contributed by atoms with Crippen LogP contribution in [0.25, 0.3) is 10.1 Å². The van der Waals surface area contributed by atoms with E-state index in [4.69, 9.17) is 21.7 Å². The number of hydrogen-bond donors (Lipinski definition) is 1. The molecule has 2 aromatic carbocycles. The van der Waals surface area contributed by atoms with Crippen molar-refractivity contribution in [1.82, 2.24) is 0 Å². The van der Waals surface area contributed by atoms with Crippen LogP contribution in [0.3, 0.4) is 0 Å². The van der Waals surface area contributed by atoms with E-state index in [1.54, 1.807) is 24.3 Å². The summed E-state index contributed by atoms with van der Waals surface area (Å²) in [6.45, 7) is 1.91. The van der Waals surface area contributed by atoms with Crippen LogP contribution in [0.1, 0.15) is 20.8 Å². The van der Waals surface area contributed by atoms with E-state index >= 15 is 0 Å². The van der Waals surface area contributed by atoms with Crippen LogP contribution in [0, 0.1) is 12.3 Å². The van der Waals surface area contributed by atoms with E-state index in [1.807, 2.05) is 31.2 Å². The molecule has 0 saturated carbocycles. The van der Waals surface area contributed by atoms with E-state index in [0.29, 0.717) is 16.3 Å². The molecule has 0 atom stereocenters. The second-order valence-electron chi connectivity index (χ2n) is 5.12. The lowest BCUT2D eigenvalue weighted by atomic mass is 10.1.